The summed E-state index contributed by atoms with van der Waals surface area (Å²) in [6, 6.07) is 20.3. The SMILES string of the molecule is O=C(O)/C=C/c1cccc(CN2CCC(NC3CC3c3ccccc3)CC2)c1. The lowest BCUT2D eigenvalue weighted by molar-refractivity contribution is -0.131. The quantitative estimate of drug-likeness (QED) is 0.720. The first kappa shape index (κ1) is 18.9. The number of nitrogens with one attached hydrogen (secondary N) is 1. The minimum atomic E-state index is -0.912. The molecule has 2 aromatic carbocycles. The fourth-order valence-electron chi connectivity index (χ4n) is 4.23. The normalized spacial score (nSPS) is 23.1. The van der Waals surface area contributed by atoms with E-state index in [2.05, 4.69) is 52.7 Å². The van der Waals surface area contributed by atoms with Gasteiger partial charge in [0.2, 0.25) is 0 Å². The van der Waals surface area contributed by atoms with E-state index in [1.165, 1.54) is 36.5 Å². The molecule has 2 aromatic rings. The molecule has 28 heavy (non-hydrogen) atoms. The van der Waals surface area contributed by atoms with Crippen molar-refractivity contribution in [2.75, 3.05) is 13.1 Å². The van der Waals surface area contributed by atoms with Crippen LogP contribution in [0.3, 0.4) is 0 Å². The number of rotatable bonds is 7. The minimum absolute atomic E-state index is 0.625. The number of carboxylic acid groups (broad SMARTS) is 1. The topological polar surface area (TPSA) is 52.6 Å². The monoisotopic (exact) mass is 376 g/mol. The minimum Gasteiger partial charge on any atom is -0.478 e. The highest BCUT2D eigenvalue weighted by Crippen LogP contribution is 2.41. The number of likely N-dealkylation sites (tertiary alicyclic amines) is 1. The Morgan fingerprint density at radius 3 is 2.64 bits per heavy atom. The number of hydrogen-bond acceptors (Lipinski definition) is 3. The summed E-state index contributed by atoms with van der Waals surface area (Å²) in [6.45, 7) is 3.14. The highest BCUT2D eigenvalue weighted by Gasteiger charge is 2.39. The summed E-state index contributed by atoms with van der Waals surface area (Å²) in [5.41, 5.74) is 3.65. The summed E-state index contributed by atoms with van der Waals surface area (Å²) in [4.78, 5) is 13.2. The number of aliphatic carboxylic acids is 1. The fraction of sp³-hybridized carbons (Fsp3) is 0.375. The van der Waals surface area contributed by atoms with Crippen LogP contribution in [0.5, 0.6) is 0 Å². The van der Waals surface area contributed by atoms with Crippen molar-refractivity contribution in [3.05, 3.63) is 77.4 Å². The van der Waals surface area contributed by atoms with Crippen molar-refractivity contribution in [3.63, 3.8) is 0 Å². The Hall–Kier alpha value is -2.43. The lowest BCUT2D eigenvalue weighted by Gasteiger charge is -2.32. The zero-order valence-corrected chi connectivity index (χ0v) is 16.1. The van der Waals surface area contributed by atoms with Crippen LogP contribution < -0.4 is 5.32 Å². The first-order valence-corrected chi connectivity index (χ1v) is 10.2. The predicted molar refractivity (Wildman–Crippen MR) is 112 cm³/mol. The van der Waals surface area contributed by atoms with Crippen molar-refractivity contribution in [2.24, 2.45) is 0 Å². The standard InChI is InChI=1S/C24H28N2O2/c27-24(28)10-9-18-5-4-6-19(15-18)17-26-13-11-21(12-14-26)25-23-16-22(23)20-7-2-1-3-8-20/h1-10,15,21-23,25H,11-14,16-17H2,(H,27,28)/b10-9+. The summed E-state index contributed by atoms with van der Waals surface area (Å²) < 4.78 is 0. The molecule has 2 aliphatic rings. The van der Waals surface area contributed by atoms with Crippen LogP contribution >= 0.6 is 0 Å². The summed E-state index contributed by atoms with van der Waals surface area (Å²) >= 11 is 0. The van der Waals surface area contributed by atoms with Crippen LogP contribution in [0.25, 0.3) is 6.08 Å². The Morgan fingerprint density at radius 2 is 1.89 bits per heavy atom. The third kappa shape index (κ3) is 5.09. The van der Waals surface area contributed by atoms with Crippen molar-refractivity contribution >= 4 is 12.0 Å². The summed E-state index contributed by atoms with van der Waals surface area (Å²) in [5.74, 6) is -0.217. The Kier molecular flexibility index (Phi) is 5.89. The molecular weight excluding hydrogens is 348 g/mol. The van der Waals surface area contributed by atoms with E-state index in [1.54, 1.807) is 6.08 Å². The van der Waals surface area contributed by atoms with E-state index in [9.17, 15) is 4.79 Å². The van der Waals surface area contributed by atoms with Gasteiger partial charge in [-0.2, -0.15) is 0 Å². The molecule has 1 saturated heterocycles. The van der Waals surface area contributed by atoms with Gasteiger partial charge >= 0.3 is 5.97 Å². The van der Waals surface area contributed by atoms with E-state index >= 15 is 0 Å². The molecule has 2 fully saturated rings. The molecule has 0 amide bonds. The third-order valence-electron chi connectivity index (χ3n) is 5.83. The Labute approximate surface area is 166 Å². The lowest BCUT2D eigenvalue weighted by Crippen LogP contribution is -2.43. The molecule has 4 rings (SSSR count). The highest BCUT2D eigenvalue weighted by molar-refractivity contribution is 5.85. The van der Waals surface area contributed by atoms with E-state index in [-0.39, 0.29) is 0 Å². The van der Waals surface area contributed by atoms with Gasteiger partial charge in [-0.1, -0.05) is 54.6 Å². The van der Waals surface area contributed by atoms with Gasteiger partial charge in [0.05, 0.1) is 0 Å². The maximum absolute atomic E-state index is 10.7. The van der Waals surface area contributed by atoms with Crippen LogP contribution in [0.2, 0.25) is 0 Å². The Morgan fingerprint density at radius 1 is 1.11 bits per heavy atom. The molecule has 0 spiro atoms. The van der Waals surface area contributed by atoms with E-state index in [0.29, 0.717) is 18.0 Å². The zero-order valence-electron chi connectivity index (χ0n) is 16.1. The van der Waals surface area contributed by atoms with Crippen LogP contribution in [0, 0.1) is 0 Å². The smallest absolute Gasteiger partial charge is 0.328 e. The molecule has 0 bridgehead atoms. The molecule has 1 saturated carbocycles. The molecule has 2 N–H and O–H groups in total. The second kappa shape index (κ2) is 8.72. The average molecular weight is 377 g/mol. The molecule has 0 aromatic heterocycles. The van der Waals surface area contributed by atoms with Crippen LogP contribution in [-0.2, 0) is 11.3 Å². The fourth-order valence-corrected chi connectivity index (χ4v) is 4.23. The van der Waals surface area contributed by atoms with E-state index in [1.807, 2.05) is 12.1 Å². The second-order valence-corrected chi connectivity index (χ2v) is 7.99. The lowest BCUT2D eigenvalue weighted by atomic mass is 10.0. The van der Waals surface area contributed by atoms with Gasteiger partial charge in [0.25, 0.3) is 0 Å². The summed E-state index contributed by atoms with van der Waals surface area (Å²) in [5, 5.41) is 12.6. The average Bonchev–Trinajstić information content (AvgIpc) is 3.48. The van der Waals surface area contributed by atoms with Gasteiger partial charge in [-0.05, 0) is 55.1 Å². The van der Waals surface area contributed by atoms with Crippen molar-refractivity contribution in [2.45, 2.75) is 43.8 Å². The zero-order chi connectivity index (χ0) is 19.3. The van der Waals surface area contributed by atoms with Gasteiger partial charge in [0.1, 0.15) is 0 Å². The van der Waals surface area contributed by atoms with Crippen molar-refractivity contribution in [1.29, 1.82) is 0 Å². The largest absolute Gasteiger partial charge is 0.478 e. The number of piperidine rings is 1. The summed E-state index contributed by atoms with van der Waals surface area (Å²) in [7, 11) is 0. The van der Waals surface area contributed by atoms with E-state index < -0.39 is 5.97 Å². The molecule has 146 valence electrons. The highest BCUT2D eigenvalue weighted by atomic mass is 16.4. The van der Waals surface area contributed by atoms with E-state index in [4.69, 9.17) is 5.11 Å². The predicted octanol–water partition coefficient (Wildman–Crippen LogP) is 3.89. The third-order valence-corrected chi connectivity index (χ3v) is 5.83. The van der Waals surface area contributed by atoms with Crippen molar-refractivity contribution in [1.82, 2.24) is 10.2 Å². The van der Waals surface area contributed by atoms with Crippen LogP contribution in [0.1, 0.15) is 41.9 Å². The van der Waals surface area contributed by atoms with E-state index in [0.717, 1.165) is 25.2 Å². The number of carboxylic acids is 1. The van der Waals surface area contributed by atoms with Crippen molar-refractivity contribution in [3.8, 4) is 0 Å². The number of hydrogen-bond donors (Lipinski definition) is 2. The van der Waals surface area contributed by atoms with Gasteiger partial charge in [0.15, 0.2) is 0 Å². The molecule has 4 heteroatoms. The Balaban J connectivity index is 1.23. The number of carbonyl (C=O) groups is 1. The van der Waals surface area contributed by atoms with Crippen LogP contribution in [-0.4, -0.2) is 41.1 Å². The number of nitrogens with zero attached hydrogens (tertiary/aromatic N) is 1. The molecule has 1 aliphatic carbocycles. The summed E-state index contributed by atoms with van der Waals surface area (Å²) in [6.07, 6.45) is 6.49. The molecule has 2 atom stereocenters. The van der Waals surface area contributed by atoms with Crippen molar-refractivity contribution < 1.29 is 9.90 Å². The molecule has 4 nitrogen and oxygen atoms in total. The first-order valence-electron chi connectivity index (χ1n) is 10.2. The van der Waals surface area contributed by atoms with Crippen LogP contribution in [0.15, 0.2) is 60.7 Å². The molecule has 0 radical (unpaired) electrons. The second-order valence-electron chi connectivity index (χ2n) is 7.99. The van der Waals surface area contributed by atoms with Gasteiger partial charge in [0, 0.05) is 30.6 Å². The molecular formula is C24H28N2O2. The Bertz CT molecular complexity index is 826. The van der Waals surface area contributed by atoms with Gasteiger partial charge in [-0.3, -0.25) is 4.90 Å². The first-order chi connectivity index (χ1) is 13.7. The maximum atomic E-state index is 10.7. The van der Waals surface area contributed by atoms with Gasteiger partial charge < -0.3 is 10.4 Å². The maximum Gasteiger partial charge on any atom is 0.328 e. The molecule has 2 unspecified atom stereocenters. The number of benzene rings is 2. The molecule has 1 aliphatic heterocycles. The van der Waals surface area contributed by atoms with Crippen LogP contribution in [0.4, 0.5) is 0 Å². The van der Waals surface area contributed by atoms with Gasteiger partial charge in [-0.25, -0.2) is 4.79 Å². The molecule has 1 heterocycles. The van der Waals surface area contributed by atoms with Gasteiger partial charge in [-0.15, -0.1) is 0 Å².